The third-order valence-corrected chi connectivity index (χ3v) is 6.29. The van der Waals surface area contributed by atoms with Crippen LogP contribution in [0.5, 0.6) is 0 Å². The third-order valence-electron chi connectivity index (χ3n) is 5.95. The molecule has 3 saturated heterocycles. The molecule has 0 aromatic carbocycles. The topological polar surface area (TPSA) is 116 Å². The number of amides is 2. The lowest BCUT2D eigenvalue weighted by Gasteiger charge is -2.36. The van der Waals surface area contributed by atoms with Crippen LogP contribution < -0.4 is 0 Å². The summed E-state index contributed by atoms with van der Waals surface area (Å²) in [6.45, 7) is 2.45. The lowest BCUT2D eigenvalue weighted by molar-refractivity contribution is -0.895. The third kappa shape index (κ3) is 3.68. The maximum Gasteiger partial charge on any atom is 0.346 e. The molecule has 0 unspecified atom stereocenters. The Hall–Kier alpha value is -1.69. The second-order valence-electron chi connectivity index (χ2n) is 8.30. The van der Waals surface area contributed by atoms with Crippen LogP contribution in [-0.4, -0.2) is 78.4 Å². The van der Waals surface area contributed by atoms with Crippen molar-refractivity contribution in [2.45, 2.75) is 43.7 Å². The van der Waals surface area contributed by atoms with Crippen molar-refractivity contribution in [3.63, 3.8) is 0 Å². The molecule has 3 aliphatic heterocycles. The van der Waals surface area contributed by atoms with Crippen molar-refractivity contribution >= 4 is 16.4 Å². The molecule has 4 rings (SSSR count). The molecule has 1 aromatic rings. The number of quaternary nitrogens is 1. The van der Waals surface area contributed by atoms with Gasteiger partial charge in [0.1, 0.15) is 11.5 Å². The van der Waals surface area contributed by atoms with Gasteiger partial charge in [0.2, 0.25) is 10.4 Å². The van der Waals surface area contributed by atoms with Crippen LogP contribution in [0.25, 0.3) is 0 Å². The molecule has 150 valence electrons. The van der Waals surface area contributed by atoms with E-state index in [0.29, 0.717) is 36.1 Å². The molecule has 3 fully saturated rings. The van der Waals surface area contributed by atoms with E-state index in [9.17, 15) is 17.8 Å². The summed E-state index contributed by atoms with van der Waals surface area (Å²) in [7, 11) is -0.553. The highest BCUT2D eigenvalue weighted by atomic mass is 32.3. The van der Waals surface area contributed by atoms with E-state index in [1.54, 1.807) is 0 Å². The van der Waals surface area contributed by atoms with Gasteiger partial charge in [-0.25, -0.2) is 13.2 Å². The molecule has 2 bridgehead atoms. The minimum Gasteiger partial charge on any atom is -0.724 e. The summed E-state index contributed by atoms with van der Waals surface area (Å²) in [6.07, 6.45) is 3.19. The number of aromatic nitrogens is 1. The number of urea groups is 1. The van der Waals surface area contributed by atoms with Gasteiger partial charge in [0.15, 0.2) is 0 Å². The number of hydrogen-bond donors (Lipinski definition) is 0. The van der Waals surface area contributed by atoms with Crippen LogP contribution in [0.3, 0.4) is 0 Å². The smallest absolute Gasteiger partial charge is 0.346 e. The van der Waals surface area contributed by atoms with Gasteiger partial charge in [-0.05, 0) is 12.8 Å². The molecule has 2 amide bonds. The summed E-state index contributed by atoms with van der Waals surface area (Å²) in [5.41, 5.74) is 0.669. The molecule has 27 heavy (non-hydrogen) atoms. The zero-order valence-electron chi connectivity index (χ0n) is 15.4. The average molecular weight is 400 g/mol. The highest BCUT2D eigenvalue weighted by Gasteiger charge is 2.48. The first-order chi connectivity index (χ1) is 12.6. The molecule has 1 aromatic heterocycles. The summed E-state index contributed by atoms with van der Waals surface area (Å²) in [5.74, 6) is 1.17. The molecule has 2 atom stereocenters. The number of hydrogen-bond acceptors (Lipinski definition) is 7. The Labute approximate surface area is 158 Å². The number of hydroxylamine groups is 2. The number of nitrogens with zero attached hydrogens (tertiary/aromatic N) is 4. The molecule has 0 aliphatic carbocycles. The summed E-state index contributed by atoms with van der Waals surface area (Å²) >= 11 is 0. The van der Waals surface area contributed by atoms with Crippen LogP contribution in [0, 0.1) is 0 Å². The van der Waals surface area contributed by atoms with E-state index in [2.05, 4.69) is 23.5 Å². The van der Waals surface area contributed by atoms with Crippen molar-refractivity contribution < 1.29 is 31.1 Å². The molecule has 4 heterocycles. The first kappa shape index (κ1) is 18.7. The van der Waals surface area contributed by atoms with E-state index in [1.807, 2.05) is 6.07 Å². The van der Waals surface area contributed by atoms with Gasteiger partial charge >= 0.3 is 6.03 Å². The van der Waals surface area contributed by atoms with E-state index >= 15 is 0 Å². The second kappa shape index (κ2) is 6.43. The zero-order chi connectivity index (χ0) is 19.4. The SMILES string of the molecule is C[N+]1(C)CCC(c2cc([C@@H]3CC[C@@H]4CN3C(=O)N4OS(=O)(=O)[O-])no2)CC1. The maximum absolute atomic E-state index is 12.5. The predicted octanol–water partition coefficient (Wildman–Crippen LogP) is 0.961. The molecule has 11 heteroatoms. The fourth-order valence-corrected chi connectivity index (χ4v) is 4.72. The summed E-state index contributed by atoms with van der Waals surface area (Å²) in [5, 5.41) is 4.87. The maximum atomic E-state index is 12.5. The van der Waals surface area contributed by atoms with E-state index in [0.717, 1.165) is 36.2 Å². The Bertz CT molecular complexity index is 828. The molecule has 10 nitrogen and oxygen atoms in total. The van der Waals surface area contributed by atoms with Gasteiger partial charge < -0.3 is 18.5 Å². The van der Waals surface area contributed by atoms with Crippen LogP contribution in [0.2, 0.25) is 0 Å². The molecule has 3 aliphatic rings. The number of rotatable bonds is 4. The molecule has 0 spiro atoms. The Balaban J connectivity index is 1.48. The van der Waals surface area contributed by atoms with E-state index in [-0.39, 0.29) is 6.04 Å². The quantitative estimate of drug-likeness (QED) is 0.420. The van der Waals surface area contributed by atoms with Gasteiger partial charge in [-0.1, -0.05) is 5.16 Å². The van der Waals surface area contributed by atoms with Crippen LogP contribution in [0.4, 0.5) is 4.79 Å². The van der Waals surface area contributed by atoms with E-state index in [4.69, 9.17) is 4.52 Å². The Morgan fingerprint density at radius 2 is 1.96 bits per heavy atom. The van der Waals surface area contributed by atoms with Gasteiger partial charge in [-0.3, -0.25) is 0 Å². The average Bonchev–Trinajstić information content (AvgIpc) is 3.15. The van der Waals surface area contributed by atoms with Crippen LogP contribution in [-0.2, 0) is 14.7 Å². The minimum absolute atomic E-state index is 0.301. The monoisotopic (exact) mass is 400 g/mol. The van der Waals surface area contributed by atoms with Gasteiger partial charge in [0.25, 0.3) is 0 Å². The largest absolute Gasteiger partial charge is 0.724 e. The summed E-state index contributed by atoms with van der Waals surface area (Å²) < 4.78 is 43.6. The number of likely N-dealkylation sites (tertiary alicyclic amines) is 1. The summed E-state index contributed by atoms with van der Waals surface area (Å²) in [6, 6.07) is 0.553. The van der Waals surface area contributed by atoms with Crippen molar-refractivity contribution in [3.8, 4) is 0 Å². The number of fused-ring (bicyclic) bond motifs is 2. The van der Waals surface area contributed by atoms with Crippen molar-refractivity contribution in [2.24, 2.45) is 0 Å². The fraction of sp³-hybridized carbons (Fsp3) is 0.750. The van der Waals surface area contributed by atoms with Crippen molar-refractivity contribution in [1.82, 2.24) is 15.1 Å². The first-order valence-electron chi connectivity index (χ1n) is 9.17. The number of carbonyl (C=O) groups is 1. The van der Waals surface area contributed by atoms with Gasteiger partial charge in [0.05, 0.1) is 39.3 Å². The lowest BCUT2D eigenvalue weighted by atomic mass is 9.92. The molecule has 0 N–H and O–H groups in total. The van der Waals surface area contributed by atoms with Gasteiger partial charge in [-0.15, -0.1) is 0 Å². The highest BCUT2D eigenvalue weighted by Crippen LogP contribution is 2.39. The molecular formula is C16H24N4O6S. The Morgan fingerprint density at radius 3 is 2.63 bits per heavy atom. The van der Waals surface area contributed by atoms with Crippen LogP contribution in [0.15, 0.2) is 10.6 Å². The Morgan fingerprint density at radius 1 is 1.26 bits per heavy atom. The summed E-state index contributed by atoms with van der Waals surface area (Å²) in [4.78, 5) is 14.0. The molecule has 0 saturated carbocycles. The van der Waals surface area contributed by atoms with Crippen molar-refractivity contribution in [2.75, 3.05) is 33.7 Å². The lowest BCUT2D eigenvalue weighted by Crippen LogP contribution is -2.45. The Kier molecular flexibility index (Phi) is 4.45. The predicted molar refractivity (Wildman–Crippen MR) is 90.8 cm³/mol. The van der Waals surface area contributed by atoms with Crippen LogP contribution in [0.1, 0.15) is 49.1 Å². The highest BCUT2D eigenvalue weighted by molar-refractivity contribution is 7.80. The van der Waals surface area contributed by atoms with Gasteiger partial charge in [-0.2, -0.15) is 9.35 Å². The first-order valence-corrected chi connectivity index (χ1v) is 10.5. The van der Waals surface area contributed by atoms with Crippen molar-refractivity contribution in [3.05, 3.63) is 17.5 Å². The molecule has 0 radical (unpaired) electrons. The van der Waals surface area contributed by atoms with Gasteiger partial charge in [0, 0.05) is 31.4 Å². The minimum atomic E-state index is -4.99. The fourth-order valence-electron chi connectivity index (χ4n) is 4.34. The standard InChI is InChI=1S/C16H24N4O6S/c1-20(2)7-5-11(6-8-20)15-9-13(17-25-15)14-4-3-12-10-18(14)16(21)19(12)26-27(22,23)24/h9,11-12,14H,3-8,10H2,1-2H3/t12-,14+/m1/s1. The van der Waals surface area contributed by atoms with E-state index in [1.165, 1.54) is 4.90 Å². The second-order valence-corrected chi connectivity index (χ2v) is 9.27. The normalized spacial score (nSPS) is 28.8. The number of piperidine rings is 2. The van der Waals surface area contributed by atoms with Crippen LogP contribution >= 0.6 is 0 Å². The van der Waals surface area contributed by atoms with E-state index < -0.39 is 22.5 Å². The number of carbonyl (C=O) groups excluding carboxylic acids is 1. The van der Waals surface area contributed by atoms with Crippen molar-refractivity contribution in [1.29, 1.82) is 0 Å². The zero-order valence-corrected chi connectivity index (χ0v) is 16.2. The molecular weight excluding hydrogens is 376 g/mol.